The molecule has 1 aliphatic rings. The highest BCUT2D eigenvalue weighted by atomic mass is 16.5. The summed E-state index contributed by atoms with van der Waals surface area (Å²) in [5.74, 6) is 0. The highest BCUT2D eigenvalue weighted by molar-refractivity contribution is 4.72. The van der Waals surface area contributed by atoms with E-state index in [1.54, 1.807) is 0 Å². The Morgan fingerprint density at radius 3 is 2.73 bits per heavy atom. The molecule has 0 aromatic carbocycles. The fourth-order valence-electron chi connectivity index (χ4n) is 2.07. The molecule has 0 radical (unpaired) electrons. The molecule has 0 aromatic heterocycles. The van der Waals surface area contributed by atoms with Gasteiger partial charge in [-0.05, 0) is 52.6 Å². The number of hydrogen-bond acceptors (Lipinski definition) is 3. The zero-order valence-corrected chi connectivity index (χ0v) is 10.2. The second kappa shape index (κ2) is 7.20. The predicted molar refractivity (Wildman–Crippen MR) is 64.0 cm³/mol. The molecule has 0 saturated carbocycles. The lowest BCUT2D eigenvalue weighted by atomic mass is 10.1. The number of rotatable bonds is 6. The third kappa shape index (κ3) is 4.96. The van der Waals surface area contributed by atoms with Gasteiger partial charge in [0.15, 0.2) is 0 Å². The van der Waals surface area contributed by atoms with E-state index in [4.69, 9.17) is 10.5 Å². The van der Waals surface area contributed by atoms with E-state index in [0.29, 0.717) is 12.1 Å². The first kappa shape index (κ1) is 12.9. The van der Waals surface area contributed by atoms with Gasteiger partial charge in [0.05, 0.1) is 6.10 Å². The largest absolute Gasteiger partial charge is 0.377 e. The third-order valence-electron chi connectivity index (χ3n) is 3.09. The lowest BCUT2D eigenvalue weighted by molar-refractivity contribution is -0.0112. The van der Waals surface area contributed by atoms with Crippen LogP contribution in [-0.2, 0) is 4.74 Å². The molecule has 1 rings (SSSR count). The molecule has 1 atom stereocenters. The summed E-state index contributed by atoms with van der Waals surface area (Å²) in [6.45, 7) is 8.42. The number of ether oxygens (including phenoxy) is 1. The van der Waals surface area contributed by atoms with Gasteiger partial charge in [-0.25, -0.2) is 0 Å². The van der Waals surface area contributed by atoms with Crippen LogP contribution in [0, 0.1) is 0 Å². The molecule has 1 saturated heterocycles. The molecular formula is C12H26N2O. The van der Waals surface area contributed by atoms with Gasteiger partial charge >= 0.3 is 0 Å². The van der Waals surface area contributed by atoms with Crippen LogP contribution >= 0.6 is 0 Å². The summed E-state index contributed by atoms with van der Waals surface area (Å²) >= 11 is 0. The molecule has 1 unspecified atom stereocenters. The molecule has 0 bridgehead atoms. The van der Waals surface area contributed by atoms with Gasteiger partial charge in [0.1, 0.15) is 0 Å². The summed E-state index contributed by atoms with van der Waals surface area (Å²) < 4.78 is 5.77. The maximum atomic E-state index is 5.77. The lowest BCUT2D eigenvalue weighted by Gasteiger charge is -2.32. The third-order valence-corrected chi connectivity index (χ3v) is 3.09. The van der Waals surface area contributed by atoms with Gasteiger partial charge in [-0.15, -0.1) is 0 Å². The van der Waals surface area contributed by atoms with Gasteiger partial charge in [-0.1, -0.05) is 0 Å². The van der Waals surface area contributed by atoms with Crippen molar-refractivity contribution in [1.82, 2.24) is 4.90 Å². The Morgan fingerprint density at radius 2 is 2.20 bits per heavy atom. The first-order valence-electron chi connectivity index (χ1n) is 6.29. The Morgan fingerprint density at radius 1 is 1.40 bits per heavy atom. The van der Waals surface area contributed by atoms with Crippen LogP contribution in [0.15, 0.2) is 0 Å². The highest BCUT2D eigenvalue weighted by Gasteiger charge is 2.18. The van der Waals surface area contributed by atoms with Crippen molar-refractivity contribution in [2.75, 3.05) is 26.2 Å². The monoisotopic (exact) mass is 214 g/mol. The maximum absolute atomic E-state index is 5.77. The smallest absolute Gasteiger partial charge is 0.0702 e. The van der Waals surface area contributed by atoms with Gasteiger partial charge in [0.25, 0.3) is 0 Å². The van der Waals surface area contributed by atoms with E-state index in [2.05, 4.69) is 18.7 Å². The molecule has 0 aromatic rings. The quantitative estimate of drug-likeness (QED) is 0.730. The van der Waals surface area contributed by atoms with E-state index < -0.39 is 0 Å². The standard InChI is InChI=1S/C12H26N2O/c1-11(2)14(8-5-7-13)10-12-6-3-4-9-15-12/h11-12H,3-10,13H2,1-2H3. The maximum Gasteiger partial charge on any atom is 0.0702 e. The van der Waals surface area contributed by atoms with Gasteiger partial charge in [0, 0.05) is 19.2 Å². The molecule has 0 amide bonds. The summed E-state index contributed by atoms with van der Waals surface area (Å²) in [6.07, 6.45) is 5.34. The molecule has 90 valence electrons. The van der Waals surface area contributed by atoms with Crippen molar-refractivity contribution in [2.24, 2.45) is 5.73 Å². The second-order valence-corrected chi connectivity index (χ2v) is 4.72. The number of hydrogen-bond donors (Lipinski definition) is 1. The average Bonchev–Trinajstić information content (AvgIpc) is 2.25. The van der Waals surface area contributed by atoms with Crippen molar-refractivity contribution < 1.29 is 4.74 Å². The molecule has 1 fully saturated rings. The van der Waals surface area contributed by atoms with Crippen LogP contribution in [0.1, 0.15) is 39.5 Å². The molecule has 0 spiro atoms. The fourth-order valence-corrected chi connectivity index (χ4v) is 2.07. The Balaban J connectivity index is 2.28. The van der Waals surface area contributed by atoms with E-state index in [1.165, 1.54) is 19.3 Å². The van der Waals surface area contributed by atoms with Gasteiger partial charge in [-0.2, -0.15) is 0 Å². The molecule has 3 nitrogen and oxygen atoms in total. The van der Waals surface area contributed by atoms with Crippen LogP contribution in [0.5, 0.6) is 0 Å². The van der Waals surface area contributed by atoms with Gasteiger partial charge < -0.3 is 10.5 Å². The number of nitrogens with two attached hydrogens (primary N) is 1. The zero-order valence-electron chi connectivity index (χ0n) is 10.2. The minimum absolute atomic E-state index is 0.457. The van der Waals surface area contributed by atoms with Crippen LogP contribution < -0.4 is 5.73 Å². The second-order valence-electron chi connectivity index (χ2n) is 4.72. The van der Waals surface area contributed by atoms with E-state index in [0.717, 1.165) is 32.7 Å². The first-order valence-corrected chi connectivity index (χ1v) is 6.29. The fraction of sp³-hybridized carbons (Fsp3) is 1.00. The summed E-state index contributed by atoms with van der Waals surface area (Å²) in [5, 5.41) is 0. The zero-order chi connectivity index (χ0) is 11.1. The molecule has 1 aliphatic heterocycles. The minimum Gasteiger partial charge on any atom is -0.377 e. The molecular weight excluding hydrogens is 188 g/mol. The summed E-state index contributed by atoms with van der Waals surface area (Å²) in [5.41, 5.74) is 5.55. The Labute approximate surface area is 94.0 Å². The van der Waals surface area contributed by atoms with Crippen molar-refractivity contribution in [1.29, 1.82) is 0 Å². The average molecular weight is 214 g/mol. The summed E-state index contributed by atoms with van der Waals surface area (Å²) in [6, 6.07) is 0.599. The topological polar surface area (TPSA) is 38.5 Å². The Kier molecular flexibility index (Phi) is 6.22. The predicted octanol–water partition coefficient (Wildman–Crippen LogP) is 1.61. The molecule has 2 N–H and O–H groups in total. The summed E-state index contributed by atoms with van der Waals surface area (Å²) in [4.78, 5) is 2.49. The van der Waals surface area contributed by atoms with Gasteiger partial charge in [-0.3, -0.25) is 4.90 Å². The van der Waals surface area contributed by atoms with Crippen molar-refractivity contribution in [3.8, 4) is 0 Å². The van der Waals surface area contributed by atoms with Gasteiger partial charge in [0.2, 0.25) is 0 Å². The Bertz CT molecular complexity index is 156. The van der Waals surface area contributed by atoms with Crippen molar-refractivity contribution >= 4 is 0 Å². The number of nitrogens with zero attached hydrogens (tertiary/aromatic N) is 1. The minimum atomic E-state index is 0.457. The molecule has 1 heterocycles. The van der Waals surface area contributed by atoms with E-state index in [-0.39, 0.29) is 0 Å². The van der Waals surface area contributed by atoms with Crippen LogP contribution in [0.3, 0.4) is 0 Å². The van der Waals surface area contributed by atoms with Crippen LogP contribution in [0.25, 0.3) is 0 Å². The lowest BCUT2D eigenvalue weighted by Crippen LogP contribution is -2.40. The van der Waals surface area contributed by atoms with Crippen molar-refractivity contribution in [3.63, 3.8) is 0 Å². The van der Waals surface area contributed by atoms with Crippen molar-refractivity contribution in [2.45, 2.75) is 51.7 Å². The van der Waals surface area contributed by atoms with Crippen molar-refractivity contribution in [3.05, 3.63) is 0 Å². The molecule has 3 heteroatoms. The summed E-state index contributed by atoms with van der Waals surface area (Å²) in [7, 11) is 0. The molecule has 0 aliphatic carbocycles. The normalized spacial score (nSPS) is 22.6. The highest BCUT2D eigenvalue weighted by Crippen LogP contribution is 2.15. The van der Waals surface area contributed by atoms with Crippen LogP contribution in [0.2, 0.25) is 0 Å². The van der Waals surface area contributed by atoms with Crippen LogP contribution in [-0.4, -0.2) is 43.3 Å². The first-order chi connectivity index (χ1) is 7.24. The van der Waals surface area contributed by atoms with Crippen LogP contribution in [0.4, 0.5) is 0 Å². The SMILES string of the molecule is CC(C)N(CCCN)CC1CCCCO1. The van der Waals surface area contributed by atoms with E-state index >= 15 is 0 Å². The molecule has 15 heavy (non-hydrogen) atoms. The van der Waals surface area contributed by atoms with E-state index in [1.807, 2.05) is 0 Å². The Hall–Kier alpha value is -0.120. The van der Waals surface area contributed by atoms with E-state index in [9.17, 15) is 0 Å².